The molecular formula is C27H36N4O5S2. The predicted molar refractivity (Wildman–Crippen MR) is 151 cm³/mol. The summed E-state index contributed by atoms with van der Waals surface area (Å²) in [4.78, 5) is 22.7. The summed E-state index contributed by atoms with van der Waals surface area (Å²) < 4.78 is 39.7. The molecule has 38 heavy (non-hydrogen) atoms. The zero-order chi connectivity index (χ0) is 27.3. The molecule has 1 aliphatic heterocycles. The molecular weight excluding hydrogens is 524 g/mol. The molecule has 0 aliphatic carbocycles. The lowest BCUT2D eigenvalue weighted by Gasteiger charge is -2.25. The van der Waals surface area contributed by atoms with Gasteiger partial charge in [0.25, 0.3) is 5.91 Å². The van der Waals surface area contributed by atoms with Crippen molar-refractivity contribution in [3.63, 3.8) is 0 Å². The van der Waals surface area contributed by atoms with Crippen molar-refractivity contribution in [3.8, 4) is 11.5 Å². The molecule has 0 N–H and O–H groups in total. The molecule has 0 atom stereocenters. The fourth-order valence-electron chi connectivity index (χ4n) is 4.41. The van der Waals surface area contributed by atoms with Crippen molar-refractivity contribution in [1.29, 1.82) is 0 Å². The van der Waals surface area contributed by atoms with E-state index in [4.69, 9.17) is 14.5 Å². The molecule has 0 saturated heterocycles. The van der Waals surface area contributed by atoms with Gasteiger partial charge in [0.1, 0.15) is 0 Å². The molecule has 0 radical (unpaired) electrons. The first kappa shape index (κ1) is 28.3. The Bertz CT molecular complexity index is 1310. The fourth-order valence-corrected chi connectivity index (χ4v) is 7.04. The van der Waals surface area contributed by atoms with Crippen molar-refractivity contribution in [3.05, 3.63) is 42.0 Å². The number of fused-ring (bicyclic) bond motifs is 2. The highest BCUT2D eigenvalue weighted by molar-refractivity contribution is 7.89. The number of amides is 1. The zero-order valence-corrected chi connectivity index (χ0v) is 24.1. The first-order chi connectivity index (χ1) is 18.3. The van der Waals surface area contributed by atoms with Gasteiger partial charge in [-0.15, -0.1) is 0 Å². The Labute approximate surface area is 229 Å². The third-order valence-electron chi connectivity index (χ3n) is 6.57. The maximum Gasteiger partial charge on any atom is 0.260 e. The largest absolute Gasteiger partial charge is 0.454 e. The average molecular weight is 561 g/mol. The van der Waals surface area contributed by atoms with Crippen LogP contribution in [0.2, 0.25) is 0 Å². The summed E-state index contributed by atoms with van der Waals surface area (Å²) in [7, 11) is -3.62. The van der Waals surface area contributed by atoms with Gasteiger partial charge in [0.15, 0.2) is 16.6 Å². The van der Waals surface area contributed by atoms with E-state index in [-0.39, 0.29) is 17.6 Å². The number of likely N-dealkylation sites (N-methyl/N-ethyl adjacent to an activating group) is 1. The van der Waals surface area contributed by atoms with Gasteiger partial charge in [-0.05, 0) is 50.2 Å². The zero-order valence-electron chi connectivity index (χ0n) is 22.5. The fraction of sp³-hybridized carbons (Fsp3) is 0.481. The standard InChI is InChI=1S/C27H36N4O5S2/c1-5-13-30(14-6-2)38(33,34)21-11-9-20(10-12-21)26(32)31(16-15-29(7-3)8-4)27-28-22-17-23-24(36-19-35-23)18-25(22)37-27/h9-12,17-18H,5-8,13-16,19H2,1-4H3. The van der Waals surface area contributed by atoms with Crippen LogP contribution in [-0.2, 0) is 10.0 Å². The number of thiazole rings is 1. The minimum atomic E-state index is -3.62. The molecule has 0 bridgehead atoms. The molecule has 11 heteroatoms. The van der Waals surface area contributed by atoms with Crippen molar-refractivity contribution in [2.24, 2.45) is 0 Å². The van der Waals surface area contributed by atoms with Crippen LogP contribution in [0.5, 0.6) is 11.5 Å². The molecule has 1 aromatic heterocycles. The van der Waals surface area contributed by atoms with Gasteiger partial charge in [0.2, 0.25) is 16.8 Å². The Morgan fingerprint density at radius 3 is 2.16 bits per heavy atom. The highest BCUT2D eigenvalue weighted by Gasteiger charge is 2.26. The van der Waals surface area contributed by atoms with Gasteiger partial charge in [-0.25, -0.2) is 13.4 Å². The van der Waals surface area contributed by atoms with Crippen LogP contribution in [0, 0.1) is 0 Å². The van der Waals surface area contributed by atoms with E-state index in [1.807, 2.05) is 26.0 Å². The van der Waals surface area contributed by atoms with E-state index in [9.17, 15) is 13.2 Å². The van der Waals surface area contributed by atoms with E-state index in [1.165, 1.54) is 27.8 Å². The van der Waals surface area contributed by atoms with Gasteiger partial charge in [-0.2, -0.15) is 4.31 Å². The lowest BCUT2D eigenvalue weighted by atomic mass is 10.2. The van der Waals surface area contributed by atoms with Gasteiger partial charge in [0.05, 0.1) is 15.1 Å². The summed E-state index contributed by atoms with van der Waals surface area (Å²) >= 11 is 1.42. The first-order valence-electron chi connectivity index (χ1n) is 13.2. The number of carbonyl (C=O) groups excluding carboxylic acids is 1. The van der Waals surface area contributed by atoms with Gasteiger partial charge in [0, 0.05) is 43.9 Å². The summed E-state index contributed by atoms with van der Waals surface area (Å²) in [5.41, 5.74) is 1.15. The number of aromatic nitrogens is 1. The number of carbonyl (C=O) groups is 1. The summed E-state index contributed by atoms with van der Waals surface area (Å²) in [6.45, 7) is 12.1. The second-order valence-corrected chi connectivity index (χ2v) is 12.0. The molecule has 1 aliphatic rings. The van der Waals surface area contributed by atoms with E-state index in [1.54, 1.807) is 17.0 Å². The van der Waals surface area contributed by atoms with E-state index in [0.29, 0.717) is 48.4 Å². The van der Waals surface area contributed by atoms with Crippen molar-refractivity contribution in [2.45, 2.75) is 45.4 Å². The van der Waals surface area contributed by atoms with Crippen molar-refractivity contribution < 1.29 is 22.7 Å². The molecule has 2 heterocycles. The van der Waals surface area contributed by atoms with Crippen LogP contribution in [0.3, 0.4) is 0 Å². The monoisotopic (exact) mass is 560 g/mol. The van der Waals surface area contributed by atoms with E-state index < -0.39 is 10.0 Å². The van der Waals surface area contributed by atoms with Crippen molar-refractivity contribution >= 4 is 42.6 Å². The lowest BCUT2D eigenvalue weighted by Crippen LogP contribution is -2.39. The Morgan fingerprint density at radius 1 is 0.921 bits per heavy atom. The Kier molecular flexibility index (Phi) is 9.24. The second kappa shape index (κ2) is 12.4. The average Bonchev–Trinajstić information content (AvgIpc) is 3.55. The van der Waals surface area contributed by atoms with Gasteiger partial charge < -0.3 is 14.4 Å². The summed E-state index contributed by atoms with van der Waals surface area (Å²) in [5.74, 6) is 1.09. The Balaban J connectivity index is 1.64. The number of hydrogen-bond donors (Lipinski definition) is 0. The third kappa shape index (κ3) is 5.96. The van der Waals surface area contributed by atoms with E-state index >= 15 is 0 Å². The number of anilines is 1. The minimum Gasteiger partial charge on any atom is -0.454 e. The third-order valence-corrected chi connectivity index (χ3v) is 9.52. The van der Waals surface area contributed by atoms with Crippen LogP contribution in [0.15, 0.2) is 41.3 Å². The summed E-state index contributed by atoms with van der Waals surface area (Å²) in [5, 5.41) is 0.578. The van der Waals surface area contributed by atoms with E-state index in [2.05, 4.69) is 18.7 Å². The van der Waals surface area contributed by atoms with Gasteiger partial charge in [-0.1, -0.05) is 39.0 Å². The number of sulfonamides is 1. The smallest absolute Gasteiger partial charge is 0.260 e. The molecule has 0 saturated carbocycles. The van der Waals surface area contributed by atoms with Crippen molar-refractivity contribution in [2.75, 3.05) is 51.0 Å². The maximum atomic E-state index is 13.8. The van der Waals surface area contributed by atoms with Crippen LogP contribution in [-0.4, -0.2) is 74.6 Å². The van der Waals surface area contributed by atoms with Crippen LogP contribution < -0.4 is 14.4 Å². The molecule has 2 aromatic carbocycles. The number of hydrogen-bond acceptors (Lipinski definition) is 8. The predicted octanol–water partition coefficient (Wildman–Crippen LogP) is 4.82. The number of benzene rings is 2. The van der Waals surface area contributed by atoms with Gasteiger partial charge >= 0.3 is 0 Å². The topological polar surface area (TPSA) is 92.3 Å². The van der Waals surface area contributed by atoms with Crippen LogP contribution in [0.1, 0.15) is 50.9 Å². The van der Waals surface area contributed by atoms with Crippen LogP contribution in [0.4, 0.5) is 5.13 Å². The van der Waals surface area contributed by atoms with E-state index in [0.717, 1.165) is 36.1 Å². The SMILES string of the molecule is CCCN(CCC)S(=O)(=O)c1ccc(C(=O)N(CCN(CC)CC)c2nc3cc4c(cc3s2)OCO4)cc1. The first-order valence-corrected chi connectivity index (χ1v) is 15.4. The molecule has 3 aromatic rings. The minimum absolute atomic E-state index is 0.189. The number of ether oxygens (including phenoxy) is 2. The quantitative estimate of drug-likeness (QED) is 0.296. The van der Waals surface area contributed by atoms with Gasteiger partial charge in [-0.3, -0.25) is 9.69 Å². The Morgan fingerprint density at radius 2 is 1.55 bits per heavy atom. The highest BCUT2D eigenvalue weighted by atomic mass is 32.2. The molecule has 0 fully saturated rings. The molecule has 1 amide bonds. The summed E-state index contributed by atoms with van der Waals surface area (Å²) in [6, 6.07) is 9.98. The Hall–Kier alpha value is -2.73. The highest BCUT2D eigenvalue weighted by Crippen LogP contribution is 2.40. The number of rotatable bonds is 13. The normalized spacial score (nSPS) is 13.1. The molecule has 206 valence electrons. The van der Waals surface area contributed by atoms with Crippen LogP contribution in [0.25, 0.3) is 10.2 Å². The maximum absolute atomic E-state index is 13.8. The molecule has 4 rings (SSSR count). The molecule has 0 spiro atoms. The molecule has 9 nitrogen and oxygen atoms in total. The van der Waals surface area contributed by atoms with Crippen molar-refractivity contribution in [1.82, 2.24) is 14.2 Å². The lowest BCUT2D eigenvalue weighted by molar-refractivity contribution is 0.0983. The summed E-state index contributed by atoms with van der Waals surface area (Å²) in [6.07, 6.45) is 1.47. The molecule has 0 unspecified atom stereocenters. The van der Waals surface area contributed by atoms with Crippen LogP contribution >= 0.6 is 11.3 Å². The number of nitrogens with zero attached hydrogens (tertiary/aromatic N) is 4. The second-order valence-electron chi connectivity index (χ2n) is 9.08.